The average Bonchev–Trinajstić information content (AvgIpc) is 2.72. The predicted molar refractivity (Wildman–Crippen MR) is 63.3 cm³/mol. The Labute approximate surface area is 104 Å². The van der Waals surface area contributed by atoms with Crippen LogP contribution in [0.5, 0.6) is 0 Å². The molecule has 0 bridgehead atoms. The Morgan fingerprint density at radius 3 is 2.94 bits per heavy atom. The third kappa shape index (κ3) is 2.36. The van der Waals surface area contributed by atoms with Gasteiger partial charge in [0.05, 0.1) is 5.69 Å². The number of aryl methyl sites for hydroxylation is 1. The molecule has 0 aliphatic heterocycles. The van der Waals surface area contributed by atoms with Crippen molar-refractivity contribution in [3.05, 3.63) is 47.1 Å². The van der Waals surface area contributed by atoms with Crippen LogP contribution in [0.4, 0.5) is 0 Å². The highest BCUT2D eigenvalue weighted by Gasteiger charge is 2.21. The molecular weight excluding hydrogens is 240 g/mol. The lowest BCUT2D eigenvalue weighted by Crippen LogP contribution is -2.06. The van der Waals surface area contributed by atoms with Gasteiger partial charge >= 0.3 is 0 Å². The van der Waals surface area contributed by atoms with E-state index in [1.54, 1.807) is 31.3 Å². The molecule has 17 heavy (non-hydrogen) atoms. The van der Waals surface area contributed by atoms with Gasteiger partial charge in [0, 0.05) is 17.6 Å². The maximum Gasteiger partial charge on any atom is 0.249 e. The lowest BCUT2D eigenvalue weighted by atomic mass is 10.1. The third-order valence-electron chi connectivity index (χ3n) is 2.43. The average molecular weight is 251 g/mol. The van der Waals surface area contributed by atoms with E-state index in [-0.39, 0.29) is 11.5 Å². The zero-order valence-corrected chi connectivity index (χ0v) is 10.1. The van der Waals surface area contributed by atoms with Crippen LogP contribution in [0.1, 0.15) is 27.5 Å². The minimum absolute atomic E-state index is 0.238. The van der Waals surface area contributed by atoms with E-state index < -0.39 is 0 Å². The molecule has 5 heteroatoms. The summed E-state index contributed by atoms with van der Waals surface area (Å²) in [5.74, 6) is 0.401. The van der Waals surface area contributed by atoms with E-state index in [0.717, 1.165) is 5.56 Å². The van der Waals surface area contributed by atoms with Crippen LogP contribution in [0.2, 0.25) is 0 Å². The Kier molecular flexibility index (Phi) is 3.54. The summed E-state index contributed by atoms with van der Waals surface area (Å²) in [6.07, 6.45) is 2.13. The molecule has 0 aromatic carbocycles. The Morgan fingerprint density at radius 2 is 2.29 bits per heavy atom. The first-order valence-electron chi connectivity index (χ1n) is 5.21. The molecule has 0 radical (unpaired) electrons. The maximum atomic E-state index is 12.1. The Bertz CT molecular complexity index is 523. The number of aromatic nitrogens is 2. The van der Waals surface area contributed by atoms with E-state index >= 15 is 0 Å². The Morgan fingerprint density at radius 1 is 1.47 bits per heavy atom. The molecule has 0 amide bonds. The van der Waals surface area contributed by atoms with Crippen molar-refractivity contribution < 1.29 is 9.32 Å². The van der Waals surface area contributed by atoms with Crippen LogP contribution in [0, 0.1) is 6.92 Å². The summed E-state index contributed by atoms with van der Waals surface area (Å²) in [6.45, 7) is 1.79. The van der Waals surface area contributed by atoms with E-state index in [9.17, 15) is 4.79 Å². The quantitative estimate of drug-likeness (QED) is 0.618. The number of hydrogen-bond acceptors (Lipinski definition) is 4. The van der Waals surface area contributed by atoms with Gasteiger partial charge in [-0.3, -0.25) is 9.78 Å². The number of rotatable bonds is 4. The molecule has 2 heterocycles. The van der Waals surface area contributed by atoms with Crippen LogP contribution in [-0.2, 0) is 6.42 Å². The number of carbonyl (C=O) groups excluding carboxylic acids is 1. The molecule has 2 rings (SSSR count). The number of hydrogen-bond donors (Lipinski definition) is 0. The molecule has 0 saturated carbocycles. The van der Waals surface area contributed by atoms with Gasteiger partial charge < -0.3 is 4.52 Å². The number of alkyl halides is 1. The van der Waals surface area contributed by atoms with Gasteiger partial charge in [-0.2, -0.15) is 0 Å². The van der Waals surface area contributed by atoms with Gasteiger partial charge in [-0.05, 0) is 25.5 Å². The number of nitrogens with zero attached hydrogens (tertiary/aromatic N) is 2. The third-order valence-corrected chi connectivity index (χ3v) is 2.62. The van der Waals surface area contributed by atoms with Gasteiger partial charge in [0.1, 0.15) is 5.69 Å². The van der Waals surface area contributed by atoms with Crippen LogP contribution in [-0.4, -0.2) is 21.8 Å². The number of carbonyl (C=O) groups is 1. The first-order chi connectivity index (χ1) is 8.24. The van der Waals surface area contributed by atoms with E-state index in [4.69, 9.17) is 16.1 Å². The highest BCUT2D eigenvalue weighted by atomic mass is 35.5. The predicted octanol–water partition coefficient (Wildman–Crippen LogP) is 2.39. The summed E-state index contributed by atoms with van der Waals surface area (Å²) < 4.78 is 5.07. The number of pyridine rings is 1. The molecule has 0 aliphatic carbocycles. The van der Waals surface area contributed by atoms with Gasteiger partial charge in [0.15, 0.2) is 0 Å². The van der Waals surface area contributed by atoms with Crippen molar-refractivity contribution in [1.29, 1.82) is 0 Å². The molecular formula is C12H11ClN2O2. The fourth-order valence-electron chi connectivity index (χ4n) is 1.57. The molecule has 0 fully saturated rings. The van der Waals surface area contributed by atoms with Crippen LogP contribution >= 0.6 is 11.6 Å². The summed E-state index contributed by atoms with van der Waals surface area (Å²) in [5.41, 5.74) is 1.81. The van der Waals surface area contributed by atoms with Crippen molar-refractivity contribution in [2.24, 2.45) is 0 Å². The lowest BCUT2D eigenvalue weighted by molar-refractivity contribution is 0.0994. The molecule has 0 unspecified atom stereocenters. The number of halogens is 1. The van der Waals surface area contributed by atoms with Crippen molar-refractivity contribution in [1.82, 2.24) is 10.1 Å². The molecule has 2 aromatic heterocycles. The minimum atomic E-state index is -0.258. The fourth-order valence-corrected chi connectivity index (χ4v) is 1.76. The van der Waals surface area contributed by atoms with Gasteiger partial charge in [-0.25, -0.2) is 0 Å². The van der Waals surface area contributed by atoms with Crippen molar-refractivity contribution in [2.45, 2.75) is 13.3 Å². The van der Waals surface area contributed by atoms with Gasteiger partial charge in [0.25, 0.3) is 0 Å². The van der Waals surface area contributed by atoms with Crippen molar-refractivity contribution in [3.8, 4) is 0 Å². The summed E-state index contributed by atoms with van der Waals surface area (Å²) in [5, 5.41) is 3.80. The Hall–Kier alpha value is -1.68. The van der Waals surface area contributed by atoms with Crippen molar-refractivity contribution in [3.63, 3.8) is 0 Å². The van der Waals surface area contributed by atoms with E-state index in [1.807, 2.05) is 0 Å². The molecule has 0 N–H and O–H groups in total. The molecule has 0 spiro atoms. The van der Waals surface area contributed by atoms with Crippen molar-refractivity contribution in [2.75, 3.05) is 5.88 Å². The van der Waals surface area contributed by atoms with Crippen LogP contribution < -0.4 is 0 Å². The lowest BCUT2D eigenvalue weighted by Gasteiger charge is -1.99. The van der Waals surface area contributed by atoms with E-state index in [1.165, 1.54) is 0 Å². The van der Waals surface area contributed by atoms with Gasteiger partial charge in [-0.15, -0.1) is 11.6 Å². The first kappa shape index (κ1) is 11.8. The Balaban J connectivity index is 2.38. The molecule has 0 aliphatic rings. The SMILES string of the molecule is Cc1noc(C(=O)c2ccccn2)c1CCCl. The normalized spacial score (nSPS) is 10.5. The summed E-state index contributed by atoms with van der Waals surface area (Å²) in [7, 11) is 0. The summed E-state index contributed by atoms with van der Waals surface area (Å²) >= 11 is 5.69. The van der Waals surface area contributed by atoms with Gasteiger partial charge in [0.2, 0.25) is 11.5 Å². The smallest absolute Gasteiger partial charge is 0.249 e. The van der Waals surface area contributed by atoms with Gasteiger partial charge in [-0.1, -0.05) is 11.2 Å². The second-order valence-electron chi connectivity index (χ2n) is 3.56. The molecule has 4 nitrogen and oxygen atoms in total. The summed E-state index contributed by atoms with van der Waals surface area (Å²) in [4.78, 5) is 16.1. The monoisotopic (exact) mass is 250 g/mol. The molecule has 0 atom stereocenters. The van der Waals surface area contributed by atoms with Crippen LogP contribution in [0.3, 0.4) is 0 Å². The zero-order chi connectivity index (χ0) is 12.3. The topological polar surface area (TPSA) is 56.0 Å². The second kappa shape index (κ2) is 5.10. The highest BCUT2D eigenvalue weighted by molar-refractivity contribution is 6.18. The zero-order valence-electron chi connectivity index (χ0n) is 9.31. The molecule has 88 valence electrons. The highest BCUT2D eigenvalue weighted by Crippen LogP contribution is 2.17. The standard InChI is InChI=1S/C12H11ClN2O2/c1-8-9(5-6-13)12(17-15-8)11(16)10-4-2-3-7-14-10/h2-4,7H,5-6H2,1H3. The second-order valence-corrected chi connectivity index (χ2v) is 3.94. The van der Waals surface area contributed by atoms with Crippen LogP contribution in [0.15, 0.2) is 28.9 Å². The van der Waals surface area contributed by atoms with Crippen LogP contribution in [0.25, 0.3) is 0 Å². The summed E-state index contributed by atoms with van der Waals surface area (Å²) in [6, 6.07) is 5.15. The number of ketones is 1. The van der Waals surface area contributed by atoms with E-state index in [2.05, 4.69) is 10.1 Å². The first-order valence-corrected chi connectivity index (χ1v) is 5.74. The van der Waals surface area contributed by atoms with Crippen molar-refractivity contribution >= 4 is 17.4 Å². The largest absolute Gasteiger partial charge is 0.352 e. The maximum absolute atomic E-state index is 12.1. The fraction of sp³-hybridized carbons (Fsp3) is 0.250. The molecule has 0 saturated heterocycles. The van der Waals surface area contributed by atoms with E-state index in [0.29, 0.717) is 23.7 Å². The minimum Gasteiger partial charge on any atom is -0.352 e. The molecule has 2 aromatic rings.